The highest BCUT2D eigenvalue weighted by molar-refractivity contribution is 7.16. The SMILES string of the molecule is O=C(NN=Cc1ccc([N+](=O)[O-])s1)[C@@H]1C[C@H]1c1ccccc1. The van der Waals surface area contributed by atoms with Gasteiger partial charge in [0.1, 0.15) is 0 Å². The second-order valence-corrected chi connectivity index (χ2v) is 6.12. The minimum Gasteiger partial charge on any atom is -0.273 e. The van der Waals surface area contributed by atoms with Gasteiger partial charge in [0.15, 0.2) is 0 Å². The molecule has 0 bridgehead atoms. The Balaban J connectivity index is 1.53. The van der Waals surface area contributed by atoms with Gasteiger partial charge < -0.3 is 0 Å². The number of nitrogens with zero attached hydrogens (tertiary/aromatic N) is 2. The van der Waals surface area contributed by atoms with E-state index in [0.29, 0.717) is 4.88 Å². The molecule has 1 heterocycles. The molecule has 6 nitrogen and oxygen atoms in total. The highest BCUT2D eigenvalue weighted by atomic mass is 32.1. The molecule has 0 aliphatic heterocycles. The van der Waals surface area contributed by atoms with Crippen LogP contribution in [0.5, 0.6) is 0 Å². The molecule has 0 unspecified atom stereocenters. The lowest BCUT2D eigenvalue weighted by Crippen LogP contribution is -2.19. The molecule has 1 aromatic heterocycles. The third-order valence-corrected chi connectivity index (χ3v) is 4.49. The van der Waals surface area contributed by atoms with Gasteiger partial charge in [-0.05, 0) is 24.0 Å². The quantitative estimate of drug-likeness (QED) is 0.523. The molecule has 112 valence electrons. The van der Waals surface area contributed by atoms with Gasteiger partial charge in [-0.2, -0.15) is 5.10 Å². The van der Waals surface area contributed by atoms with E-state index < -0.39 is 4.92 Å². The van der Waals surface area contributed by atoms with Crippen LogP contribution in [0.3, 0.4) is 0 Å². The highest BCUT2D eigenvalue weighted by Gasteiger charge is 2.43. The number of hydrogen-bond acceptors (Lipinski definition) is 5. The fourth-order valence-corrected chi connectivity index (χ4v) is 3.00. The molecule has 2 aromatic rings. The van der Waals surface area contributed by atoms with Crippen LogP contribution < -0.4 is 5.43 Å². The van der Waals surface area contributed by atoms with E-state index in [1.54, 1.807) is 6.07 Å². The van der Waals surface area contributed by atoms with E-state index in [-0.39, 0.29) is 22.7 Å². The minimum absolute atomic E-state index is 0.0442. The van der Waals surface area contributed by atoms with Crippen molar-refractivity contribution in [3.8, 4) is 0 Å². The molecule has 1 fully saturated rings. The minimum atomic E-state index is -0.449. The Morgan fingerprint density at radius 1 is 1.32 bits per heavy atom. The zero-order valence-corrected chi connectivity index (χ0v) is 12.3. The third-order valence-electron chi connectivity index (χ3n) is 3.51. The van der Waals surface area contributed by atoms with Crippen LogP contribution in [0, 0.1) is 16.0 Å². The van der Waals surface area contributed by atoms with Crippen molar-refractivity contribution in [3.63, 3.8) is 0 Å². The van der Waals surface area contributed by atoms with Gasteiger partial charge in [0, 0.05) is 12.0 Å². The average molecular weight is 315 g/mol. The van der Waals surface area contributed by atoms with Crippen LogP contribution in [0.2, 0.25) is 0 Å². The number of hydrogen-bond donors (Lipinski definition) is 1. The Bertz CT molecular complexity index is 727. The molecule has 0 radical (unpaired) electrons. The summed E-state index contributed by atoms with van der Waals surface area (Å²) in [5.74, 6) is 0.104. The van der Waals surface area contributed by atoms with Gasteiger partial charge in [0.25, 0.3) is 0 Å². The van der Waals surface area contributed by atoms with Crippen molar-refractivity contribution in [1.29, 1.82) is 0 Å². The molecule has 0 saturated heterocycles. The highest BCUT2D eigenvalue weighted by Crippen LogP contribution is 2.47. The lowest BCUT2D eigenvalue weighted by Gasteiger charge is -1.99. The number of nitro groups is 1. The number of thiophene rings is 1. The summed E-state index contributed by atoms with van der Waals surface area (Å²) in [6.07, 6.45) is 2.26. The molecular formula is C15H13N3O3S. The molecule has 1 aromatic carbocycles. The molecular weight excluding hydrogens is 302 g/mol. The predicted molar refractivity (Wildman–Crippen MR) is 84.0 cm³/mol. The maximum absolute atomic E-state index is 12.0. The van der Waals surface area contributed by atoms with Crippen molar-refractivity contribution in [2.45, 2.75) is 12.3 Å². The second-order valence-electron chi connectivity index (χ2n) is 5.03. The predicted octanol–water partition coefficient (Wildman–Crippen LogP) is 2.91. The number of amides is 1. The first-order chi connectivity index (χ1) is 10.6. The Hall–Kier alpha value is -2.54. The third kappa shape index (κ3) is 3.20. The first kappa shape index (κ1) is 14.4. The summed E-state index contributed by atoms with van der Waals surface area (Å²) >= 11 is 1.01. The number of nitrogens with one attached hydrogen (secondary N) is 1. The molecule has 1 N–H and O–H groups in total. The molecule has 1 aliphatic rings. The van der Waals surface area contributed by atoms with E-state index in [1.165, 1.54) is 17.8 Å². The summed E-state index contributed by atoms with van der Waals surface area (Å²) in [6.45, 7) is 0. The van der Waals surface area contributed by atoms with E-state index in [4.69, 9.17) is 0 Å². The first-order valence-corrected chi connectivity index (χ1v) is 7.59. The molecule has 22 heavy (non-hydrogen) atoms. The maximum Gasteiger partial charge on any atom is 0.324 e. The van der Waals surface area contributed by atoms with Crippen LogP contribution in [0.1, 0.15) is 22.8 Å². The van der Waals surface area contributed by atoms with Crippen molar-refractivity contribution in [2.75, 3.05) is 0 Å². The van der Waals surface area contributed by atoms with Gasteiger partial charge >= 0.3 is 5.00 Å². The van der Waals surface area contributed by atoms with Crippen LogP contribution >= 0.6 is 11.3 Å². The standard InChI is InChI=1S/C15H13N3O3S/c19-15(13-8-12(13)10-4-2-1-3-5-10)17-16-9-11-6-7-14(22-11)18(20)21/h1-7,9,12-13H,8H2,(H,17,19)/t12-,13+/m0/s1. The lowest BCUT2D eigenvalue weighted by atomic mass is 10.1. The molecule has 1 aliphatic carbocycles. The molecule has 0 spiro atoms. The summed E-state index contributed by atoms with van der Waals surface area (Å²) in [5, 5.41) is 14.5. The molecule has 1 amide bonds. The zero-order chi connectivity index (χ0) is 15.5. The summed E-state index contributed by atoms with van der Waals surface area (Å²) < 4.78 is 0. The van der Waals surface area contributed by atoms with Gasteiger partial charge in [0.05, 0.1) is 16.0 Å². The van der Waals surface area contributed by atoms with Crippen molar-refractivity contribution in [2.24, 2.45) is 11.0 Å². The fourth-order valence-electron chi connectivity index (χ4n) is 2.31. The van der Waals surface area contributed by atoms with E-state index in [0.717, 1.165) is 17.8 Å². The number of rotatable bonds is 5. The fraction of sp³-hybridized carbons (Fsp3) is 0.200. The Kier molecular flexibility index (Phi) is 3.97. The van der Waals surface area contributed by atoms with Gasteiger partial charge in [-0.25, -0.2) is 5.43 Å². The normalized spacial score (nSPS) is 20.0. The maximum atomic E-state index is 12.0. The van der Waals surface area contributed by atoms with Crippen LogP contribution in [-0.4, -0.2) is 17.0 Å². The summed E-state index contributed by atoms with van der Waals surface area (Å²) in [5.41, 5.74) is 3.67. The van der Waals surface area contributed by atoms with Crippen LogP contribution in [0.4, 0.5) is 5.00 Å². The largest absolute Gasteiger partial charge is 0.324 e. The van der Waals surface area contributed by atoms with E-state index in [9.17, 15) is 14.9 Å². The Morgan fingerprint density at radius 3 is 2.77 bits per heavy atom. The average Bonchev–Trinajstić information content (AvgIpc) is 3.19. The Labute approximate surface area is 130 Å². The van der Waals surface area contributed by atoms with Crippen LogP contribution in [0.25, 0.3) is 0 Å². The first-order valence-electron chi connectivity index (χ1n) is 6.77. The van der Waals surface area contributed by atoms with Crippen molar-refractivity contribution >= 4 is 28.5 Å². The molecule has 3 rings (SSSR count). The zero-order valence-electron chi connectivity index (χ0n) is 11.5. The van der Waals surface area contributed by atoms with E-state index in [2.05, 4.69) is 10.5 Å². The van der Waals surface area contributed by atoms with Crippen LogP contribution in [0.15, 0.2) is 47.6 Å². The van der Waals surface area contributed by atoms with Crippen molar-refractivity contribution < 1.29 is 9.72 Å². The van der Waals surface area contributed by atoms with Crippen molar-refractivity contribution in [1.82, 2.24) is 5.43 Å². The molecule has 2 atom stereocenters. The van der Waals surface area contributed by atoms with E-state index >= 15 is 0 Å². The number of carbonyl (C=O) groups is 1. The Morgan fingerprint density at radius 2 is 2.09 bits per heavy atom. The monoisotopic (exact) mass is 315 g/mol. The van der Waals surface area contributed by atoms with Gasteiger partial charge in [-0.3, -0.25) is 14.9 Å². The van der Waals surface area contributed by atoms with Gasteiger partial charge in [0.2, 0.25) is 5.91 Å². The number of hydrazone groups is 1. The number of benzene rings is 1. The van der Waals surface area contributed by atoms with Crippen LogP contribution in [-0.2, 0) is 4.79 Å². The molecule has 1 saturated carbocycles. The summed E-state index contributed by atoms with van der Waals surface area (Å²) in [4.78, 5) is 22.7. The summed E-state index contributed by atoms with van der Waals surface area (Å²) in [7, 11) is 0. The molecule has 7 heteroatoms. The van der Waals surface area contributed by atoms with Crippen molar-refractivity contribution in [3.05, 3.63) is 63.0 Å². The smallest absolute Gasteiger partial charge is 0.273 e. The summed E-state index contributed by atoms with van der Waals surface area (Å²) in [6, 6.07) is 12.9. The second kappa shape index (κ2) is 6.07. The topological polar surface area (TPSA) is 84.6 Å². The van der Waals surface area contributed by atoms with Gasteiger partial charge in [-0.15, -0.1) is 0 Å². The van der Waals surface area contributed by atoms with E-state index in [1.807, 2.05) is 30.3 Å². The number of carbonyl (C=O) groups excluding carboxylic acids is 1. The lowest BCUT2D eigenvalue weighted by molar-refractivity contribution is -0.380. The van der Waals surface area contributed by atoms with Gasteiger partial charge in [-0.1, -0.05) is 41.7 Å².